The van der Waals surface area contributed by atoms with Crippen molar-refractivity contribution in [2.45, 2.75) is 44.1 Å². The maximum Gasteiger partial charge on any atom is 0.267 e. The van der Waals surface area contributed by atoms with Crippen LogP contribution in [0.15, 0.2) is 41.2 Å². The molecule has 2 aliphatic rings. The van der Waals surface area contributed by atoms with Crippen molar-refractivity contribution in [3.05, 3.63) is 57.3 Å². The van der Waals surface area contributed by atoms with Crippen molar-refractivity contribution in [2.75, 3.05) is 37.6 Å². The van der Waals surface area contributed by atoms with Crippen LogP contribution >= 0.6 is 11.6 Å². The van der Waals surface area contributed by atoms with Crippen LogP contribution < -0.4 is 16.2 Å². The summed E-state index contributed by atoms with van der Waals surface area (Å²) >= 11 is 6.22. The van der Waals surface area contributed by atoms with E-state index < -0.39 is 0 Å². The van der Waals surface area contributed by atoms with Crippen molar-refractivity contribution in [2.24, 2.45) is 5.73 Å². The lowest BCUT2D eigenvalue weighted by atomic mass is 9.68. The lowest BCUT2D eigenvalue weighted by molar-refractivity contribution is -0.129. The van der Waals surface area contributed by atoms with Crippen molar-refractivity contribution in [3.63, 3.8) is 0 Å². The van der Waals surface area contributed by atoms with E-state index in [1.807, 2.05) is 23.1 Å². The van der Waals surface area contributed by atoms with Crippen LogP contribution in [0.4, 0.5) is 5.82 Å². The molecular formula is C23H30ClN5O2. The van der Waals surface area contributed by atoms with E-state index in [0.29, 0.717) is 19.6 Å². The SMILES string of the molecule is CC(=O)N1CCN(c2ccc(=O)n(C3CCC(CN)(c4cccc(Cl)c4)CC3)n2)CC1. The van der Waals surface area contributed by atoms with Crippen LogP contribution in [-0.2, 0) is 10.2 Å². The van der Waals surface area contributed by atoms with E-state index in [1.54, 1.807) is 23.7 Å². The molecule has 2 fully saturated rings. The van der Waals surface area contributed by atoms with Gasteiger partial charge < -0.3 is 15.5 Å². The van der Waals surface area contributed by atoms with Crippen LogP contribution in [-0.4, -0.2) is 53.3 Å². The Hall–Kier alpha value is -2.38. The lowest BCUT2D eigenvalue weighted by Gasteiger charge is -2.40. The molecule has 1 aliphatic carbocycles. The highest BCUT2D eigenvalue weighted by Gasteiger charge is 2.37. The molecule has 2 heterocycles. The van der Waals surface area contributed by atoms with E-state index >= 15 is 0 Å². The second-order valence-corrected chi connectivity index (χ2v) is 9.13. The summed E-state index contributed by atoms with van der Waals surface area (Å²) in [5.41, 5.74) is 7.23. The number of piperazine rings is 1. The maximum absolute atomic E-state index is 12.6. The lowest BCUT2D eigenvalue weighted by Crippen LogP contribution is -2.48. The Kier molecular flexibility index (Phi) is 6.34. The molecule has 0 atom stereocenters. The minimum Gasteiger partial charge on any atom is -0.352 e. The Morgan fingerprint density at radius 2 is 1.87 bits per heavy atom. The molecule has 4 rings (SSSR count). The second-order valence-electron chi connectivity index (χ2n) is 8.69. The molecule has 31 heavy (non-hydrogen) atoms. The minimum atomic E-state index is -0.106. The molecule has 0 radical (unpaired) electrons. The molecule has 2 aromatic rings. The predicted molar refractivity (Wildman–Crippen MR) is 123 cm³/mol. The van der Waals surface area contributed by atoms with Gasteiger partial charge in [0.2, 0.25) is 5.91 Å². The maximum atomic E-state index is 12.6. The van der Waals surface area contributed by atoms with Crippen LogP contribution in [0.1, 0.15) is 44.2 Å². The molecular weight excluding hydrogens is 414 g/mol. The zero-order chi connectivity index (χ0) is 22.0. The average Bonchev–Trinajstić information content (AvgIpc) is 2.79. The van der Waals surface area contributed by atoms with Gasteiger partial charge in [0.15, 0.2) is 0 Å². The normalized spacial score (nSPS) is 24.3. The van der Waals surface area contributed by atoms with E-state index in [9.17, 15) is 9.59 Å². The average molecular weight is 444 g/mol. The molecule has 1 amide bonds. The molecule has 8 heteroatoms. The van der Waals surface area contributed by atoms with Crippen molar-refractivity contribution < 1.29 is 4.79 Å². The molecule has 0 bridgehead atoms. The van der Waals surface area contributed by atoms with Crippen molar-refractivity contribution in [3.8, 4) is 0 Å². The number of anilines is 1. The highest BCUT2D eigenvalue weighted by molar-refractivity contribution is 6.30. The zero-order valence-electron chi connectivity index (χ0n) is 18.0. The van der Waals surface area contributed by atoms with Gasteiger partial charge in [0.1, 0.15) is 5.82 Å². The van der Waals surface area contributed by atoms with Gasteiger partial charge in [-0.3, -0.25) is 9.59 Å². The number of carbonyl (C=O) groups is 1. The summed E-state index contributed by atoms with van der Waals surface area (Å²) in [4.78, 5) is 28.2. The molecule has 1 aliphatic heterocycles. The van der Waals surface area contributed by atoms with Crippen LogP contribution in [0, 0.1) is 0 Å². The molecule has 166 valence electrons. The molecule has 1 aromatic heterocycles. The molecule has 1 saturated carbocycles. The summed E-state index contributed by atoms with van der Waals surface area (Å²) in [5.74, 6) is 0.899. The first-order chi connectivity index (χ1) is 14.9. The summed E-state index contributed by atoms with van der Waals surface area (Å²) in [7, 11) is 0. The fourth-order valence-electron chi connectivity index (χ4n) is 4.92. The van der Waals surface area contributed by atoms with Gasteiger partial charge in [-0.25, -0.2) is 4.68 Å². The van der Waals surface area contributed by atoms with Crippen LogP contribution in [0.2, 0.25) is 5.02 Å². The number of rotatable bonds is 4. The standard InChI is InChI=1S/C23H30ClN5O2/c1-17(30)27-11-13-28(14-12-27)21-5-6-22(31)29(26-21)20-7-9-23(16-25,10-8-20)18-3-2-4-19(24)15-18/h2-6,15,20H,7-14,16,25H2,1H3. The predicted octanol–water partition coefficient (Wildman–Crippen LogP) is 2.58. The molecule has 0 spiro atoms. The number of amides is 1. The van der Waals surface area contributed by atoms with Gasteiger partial charge in [-0.15, -0.1) is 0 Å². The molecule has 0 unspecified atom stereocenters. The first kappa shape index (κ1) is 21.8. The topological polar surface area (TPSA) is 84.5 Å². The van der Waals surface area contributed by atoms with Gasteiger partial charge in [-0.05, 0) is 49.4 Å². The molecule has 1 aromatic carbocycles. The van der Waals surface area contributed by atoms with E-state index in [0.717, 1.165) is 49.6 Å². The fraction of sp³-hybridized carbons (Fsp3) is 0.522. The second kappa shape index (κ2) is 9.01. The summed E-state index contributed by atoms with van der Waals surface area (Å²) in [5, 5.41) is 5.45. The van der Waals surface area contributed by atoms with Crippen molar-refractivity contribution in [1.29, 1.82) is 0 Å². The number of halogens is 1. The van der Waals surface area contributed by atoms with Crippen LogP contribution in [0.3, 0.4) is 0 Å². The number of nitrogens with two attached hydrogens (primary N) is 1. The number of hydrogen-bond acceptors (Lipinski definition) is 5. The molecule has 7 nitrogen and oxygen atoms in total. The highest BCUT2D eigenvalue weighted by atomic mass is 35.5. The number of benzene rings is 1. The Morgan fingerprint density at radius 1 is 1.16 bits per heavy atom. The van der Waals surface area contributed by atoms with Crippen molar-refractivity contribution >= 4 is 23.3 Å². The summed E-state index contributed by atoms with van der Waals surface area (Å²) in [6.07, 6.45) is 3.48. The van der Waals surface area contributed by atoms with Gasteiger partial charge in [-0.2, -0.15) is 5.10 Å². The Balaban J connectivity index is 1.49. The molecule has 2 N–H and O–H groups in total. The third-order valence-electron chi connectivity index (χ3n) is 6.95. The van der Waals surface area contributed by atoms with E-state index in [2.05, 4.69) is 11.0 Å². The van der Waals surface area contributed by atoms with E-state index in [-0.39, 0.29) is 22.9 Å². The smallest absolute Gasteiger partial charge is 0.267 e. The van der Waals surface area contributed by atoms with Gasteiger partial charge in [0.05, 0.1) is 6.04 Å². The highest BCUT2D eigenvalue weighted by Crippen LogP contribution is 2.42. The Morgan fingerprint density at radius 3 is 2.48 bits per heavy atom. The summed E-state index contributed by atoms with van der Waals surface area (Å²) < 4.78 is 1.66. The fourth-order valence-corrected chi connectivity index (χ4v) is 5.11. The van der Waals surface area contributed by atoms with Gasteiger partial charge in [0.25, 0.3) is 5.56 Å². The number of hydrogen-bond donors (Lipinski definition) is 1. The summed E-state index contributed by atoms with van der Waals surface area (Å²) in [6, 6.07) is 11.4. The van der Waals surface area contributed by atoms with Gasteiger partial charge in [-0.1, -0.05) is 23.7 Å². The first-order valence-corrected chi connectivity index (χ1v) is 11.4. The summed E-state index contributed by atoms with van der Waals surface area (Å²) in [6.45, 7) is 4.96. The minimum absolute atomic E-state index is 0.0600. The van der Waals surface area contributed by atoms with Gasteiger partial charge >= 0.3 is 0 Å². The van der Waals surface area contributed by atoms with Crippen LogP contribution in [0.5, 0.6) is 0 Å². The Labute approximate surface area is 187 Å². The Bertz CT molecular complexity index is 991. The number of aromatic nitrogens is 2. The third kappa shape index (κ3) is 4.48. The zero-order valence-corrected chi connectivity index (χ0v) is 18.7. The third-order valence-corrected chi connectivity index (χ3v) is 7.18. The van der Waals surface area contributed by atoms with E-state index in [1.165, 1.54) is 5.56 Å². The van der Waals surface area contributed by atoms with Crippen molar-refractivity contribution in [1.82, 2.24) is 14.7 Å². The van der Waals surface area contributed by atoms with Crippen LogP contribution in [0.25, 0.3) is 0 Å². The number of nitrogens with zero attached hydrogens (tertiary/aromatic N) is 4. The first-order valence-electron chi connectivity index (χ1n) is 11.0. The quantitative estimate of drug-likeness (QED) is 0.785. The number of carbonyl (C=O) groups excluding carboxylic acids is 1. The largest absolute Gasteiger partial charge is 0.352 e. The monoisotopic (exact) mass is 443 g/mol. The molecule has 1 saturated heterocycles. The van der Waals surface area contributed by atoms with Gasteiger partial charge in [0, 0.05) is 56.2 Å². The van der Waals surface area contributed by atoms with E-state index in [4.69, 9.17) is 22.4 Å².